The summed E-state index contributed by atoms with van der Waals surface area (Å²) in [7, 11) is 1.56. The van der Waals surface area contributed by atoms with Gasteiger partial charge in [-0.3, -0.25) is 19.7 Å². The second kappa shape index (κ2) is 15.5. The van der Waals surface area contributed by atoms with E-state index >= 15 is 0 Å². The number of imidazole rings is 1. The number of aliphatic carboxylic acids is 1. The highest BCUT2D eigenvalue weighted by Gasteiger charge is 2.24. The zero-order valence-corrected chi connectivity index (χ0v) is 22.4. The van der Waals surface area contributed by atoms with Gasteiger partial charge in [-0.05, 0) is 20.8 Å². The minimum atomic E-state index is -1.23. The van der Waals surface area contributed by atoms with Crippen molar-refractivity contribution in [3.05, 3.63) is 12.7 Å². The Morgan fingerprint density at radius 3 is 2.51 bits per heavy atom. The van der Waals surface area contributed by atoms with E-state index in [0.29, 0.717) is 26.2 Å². The highest BCUT2D eigenvalue weighted by molar-refractivity contribution is 5.94. The minimum absolute atomic E-state index is 0.0245. The molecule has 0 radical (unpaired) electrons. The number of fused-ring (bicyclic) bond motifs is 1. The summed E-state index contributed by atoms with van der Waals surface area (Å²) in [5.41, 5.74) is -0.281. The van der Waals surface area contributed by atoms with E-state index in [1.165, 1.54) is 17.2 Å². The van der Waals surface area contributed by atoms with E-state index in [4.69, 9.17) is 18.9 Å². The third-order valence-corrected chi connectivity index (χ3v) is 4.87. The molecule has 2 heterocycles. The largest absolute Gasteiger partial charge is 0.480 e. The lowest BCUT2D eigenvalue weighted by Crippen LogP contribution is -2.48. The Kier molecular flexibility index (Phi) is 12.5. The third-order valence-electron chi connectivity index (χ3n) is 4.87. The lowest BCUT2D eigenvalue weighted by atomic mass is 10.2. The normalized spacial score (nSPS) is 12.1. The van der Waals surface area contributed by atoms with Crippen molar-refractivity contribution in [2.45, 2.75) is 39.0 Å². The maximum absolute atomic E-state index is 13.1. The van der Waals surface area contributed by atoms with Gasteiger partial charge < -0.3 is 38.8 Å². The van der Waals surface area contributed by atoms with Crippen molar-refractivity contribution in [3.8, 4) is 0 Å². The zero-order chi connectivity index (χ0) is 28.8. The van der Waals surface area contributed by atoms with Gasteiger partial charge >= 0.3 is 12.1 Å². The van der Waals surface area contributed by atoms with E-state index in [-0.39, 0.29) is 43.3 Å². The summed E-state index contributed by atoms with van der Waals surface area (Å²) in [5.74, 6) is -1.72. The molecule has 3 N–H and O–H groups in total. The molecule has 0 fully saturated rings. The van der Waals surface area contributed by atoms with Crippen LogP contribution in [-0.4, -0.2) is 119 Å². The summed E-state index contributed by atoms with van der Waals surface area (Å²) < 4.78 is 22.3. The van der Waals surface area contributed by atoms with Crippen molar-refractivity contribution in [3.63, 3.8) is 0 Å². The molecule has 1 atom stereocenters. The molecule has 0 bridgehead atoms. The topological polar surface area (TPSA) is 196 Å². The SMILES string of the molecule is COCCOCCOCC(CN(CC(=O)O)C(=O)Cn1cnc2c(NC(=O)OC(C)(C)C)ncnc21)NC=O. The Labute approximate surface area is 225 Å². The molecule has 216 valence electrons. The molecule has 0 aliphatic heterocycles. The number of carboxylic acids is 1. The summed E-state index contributed by atoms with van der Waals surface area (Å²) in [6.07, 6.45) is 2.22. The average Bonchev–Trinajstić information content (AvgIpc) is 3.25. The number of amides is 3. The first-order valence-electron chi connectivity index (χ1n) is 12.0. The molecule has 0 aliphatic carbocycles. The molecule has 0 aromatic carbocycles. The van der Waals surface area contributed by atoms with Crippen molar-refractivity contribution < 1.29 is 43.2 Å². The molecular formula is C23H35N7O9. The van der Waals surface area contributed by atoms with E-state index in [0.717, 1.165) is 4.90 Å². The maximum Gasteiger partial charge on any atom is 0.413 e. The van der Waals surface area contributed by atoms with Crippen LogP contribution in [0.5, 0.6) is 0 Å². The van der Waals surface area contributed by atoms with Crippen molar-refractivity contribution in [1.82, 2.24) is 29.7 Å². The molecule has 1 unspecified atom stereocenters. The third kappa shape index (κ3) is 11.2. The molecule has 2 aromatic rings. The summed E-state index contributed by atoms with van der Waals surface area (Å²) in [4.78, 5) is 61.3. The average molecular weight is 554 g/mol. The Hall–Kier alpha value is -3.89. The molecular weight excluding hydrogens is 518 g/mol. The minimum Gasteiger partial charge on any atom is -0.480 e. The first-order valence-corrected chi connectivity index (χ1v) is 12.0. The first kappa shape index (κ1) is 31.3. The monoisotopic (exact) mass is 553 g/mol. The first-order chi connectivity index (χ1) is 18.5. The van der Waals surface area contributed by atoms with Crippen LogP contribution in [0.4, 0.5) is 10.6 Å². The smallest absolute Gasteiger partial charge is 0.413 e. The number of anilines is 1. The number of carboxylic acid groups (broad SMARTS) is 1. The van der Waals surface area contributed by atoms with Crippen molar-refractivity contribution in [2.24, 2.45) is 0 Å². The Bertz CT molecular complexity index is 1100. The van der Waals surface area contributed by atoms with Crippen molar-refractivity contribution in [2.75, 3.05) is 58.6 Å². The fraction of sp³-hybridized carbons (Fsp3) is 0.609. The molecule has 3 amide bonds. The van der Waals surface area contributed by atoms with E-state index in [2.05, 4.69) is 25.6 Å². The van der Waals surface area contributed by atoms with Gasteiger partial charge in [-0.15, -0.1) is 0 Å². The standard InChI is InChI=1S/C23H35N7O9/c1-23(2,3)39-22(35)28-20-19-21(25-13-24-20)30(14-26-19)10-17(32)29(11-18(33)34)9-16(27-15-31)12-38-8-7-37-6-5-36-4/h13-16H,5-12H2,1-4H3,(H,27,31)(H,33,34)(H,24,25,28,35). The van der Waals surface area contributed by atoms with Crippen LogP contribution < -0.4 is 10.6 Å². The summed E-state index contributed by atoms with van der Waals surface area (Å²) in [6, 6.07) is -0.670. The van der Waals surface area contributed by atoms with Crippen molar-refractivity contribution in [1.29, 1.82) is 0 Å². The van der Waals surface area contributed by atoms with Gasteiger partial charge in [0.05, 0.1) is 45.4 Å². The molecule has 0 saturated carbocycles. The molecule has 2 aromatic heterocycles. The van der Waals surface area contributed by atoms with Gasteiger partial charge in [-0.25, -0.2) is 19.7 Å². The summed E-state index contributed by atoms with van der Waals surface area (Å²) in [6.45, 7) is 5.51. The Balaban J connectivity index is 2.08. The van der Waals surface area contributed by atoms with Crippen LogP contribution >= 0.6 is 0 Å². The van der Waals surface area contributed by atoms with Crippen LogP contribution in [0.25, 0.3) is 11.2 Å². The molecule has 2 rings (SSSR count). The van der Waals surface area contributed by atoms with Crippen molar-refractivity contribution >= 4 is 41.4 Å². The summed E-state index contributed by atoms with van der Waals surface area (Å²) >= 11 is 0. The van der Waals surface area contributed by atoms with Crippen LogP contribution in [0.3, 0.4) is 0 Å². The van der Waals surface area contributed by atoms with E-state index < -0.39 is 36.2 Å². The van der Waals surface area contributed by atoms with Gasteiger partial charge in [-0.1, -0.05) is 0 Å². The zero-order valence-electron chi connectivity index (χ0n) is 22.4. The molecule has 16 heteroatoms. The molecule has 0 spiro atoms. The van der Waals surface area contributed by atoms with Gasteiger partial charge in [0.2, 0.25) is 12.3 Å². The van der Waals surface area contributed by atoms with E-state index in [9.17, 15) is 24.3 Å². The summed E-state index contributed by atoms with van der Waals surface area (Å²) in [5, 5.41) is 14.4. The van der Waals surface area contributed by atoms with Gasteiger partial charge in [0.25, 0.3) is 0 Å². The second-order valence-corrected chi connectivity index (χ2v) is 9.22. The molecule has 0 saturated heterocycles. The van der Waals surface area contributed by atoms with Gasteiger partial charge in [0.1, 0.15) is 25.0 Å². The lowest BCUT2D eigenvalue weighted by Gasteiger charge is -2.26. The second-order valence-electron chi connectivity index (χ2n) is 9.22. The number of rotatable bonds is 17. The van der Waals surface area contributed by atoms with Crippen LogP contribution in [0.2, 0.25) is 0 Å². The molecule has 0 aliphatic rings. The lowest BCUT2D eigenvalue weighted by molar-refractivity contribution is -0.145. The van der Waals surface area contributed by atoms with E-state index in [1.807, 2.05) is 0 Å². The molecule has 39 heavy (non-hydrogen) atoms. The Morgan fingerprint density at radius 2 is 1.85 bits per heavy atom. The fourth-order valence-electron chi connectivity index (χ4n) is 3.26. The van der Waals surface area contributed by atoms with Gasteiger partial charge in [0, 0.05) is 13.7 Å². The highest BCUT2D eigenvalue weighted by atomic mass is 16.6. The maximum atomic E-state index is 13.1. The Morgan fingerprint density at radius 1 is 1.13 bits per heavy atom. The number of nitrogens with one attached hydrogen (secondary N) is 2. The van der Waals surface area contributed by atoms with Crippen LogP contribution in [-0.2, 0) is 39.9 Å². The number of methoxy groups -OCH3 is 1. The van der Waals surface area contributed by atoms with Crippen LogP contribution in [0.1, 0.15) is 20.8 Å². The number of carbonyl (C=O) groups is 4. The number of carbonyl (C=O) groups excluding carboxylic acids is 3. The number of aromatic nitrogens is 4. The highest BCUT2D eigenvalue weighted by Crippen LogP contribution is 2.19. The number of hydrogen-bond acceptors (Lipinski definition) is 11. The molecule has 16 nitrogen and oxygen atoms in total. The van der Waals surface area contributed by atoms with Gasteiger partial charge in [0.15, 0.2) is 17.0 Å². The fourth-order valence-corrected chi connectivity index (χ4v) is 3.26. The number of hydrogen-bond donors (Lipinski definition) is 3. The number of ether oxygens (including phenoxy) is 4. The van der Waals surface area contributed by atoms with Crippen LogP contribution in [0.15, 0.2) is 12.7 Å². The quantitative estimate of drug-likeness (QED) is 0.174. The predicted molar refractivity (Wildman–Crippen MR) is 136 cm³/mol. The van der Waals surface area contributed by atoms with Gasteiger partial charge in [-0.2, -0.15) is 0 Å². The van der Waals surface area contributed by atoms with Crippen LogP contribution in [0, 0.1) is 0 Å². The predicted octanol–water partition coefficient (Wildman–Crippen LogP) is -0.119. The number of nitrogens with zero attached hydrogens (tertiary/aromatic N) is 5. The van der Waals surface area contributed by atoms with E-state index in [1.54, 1.807) is 27.9 Å².